The smallest absolute Gasteiger partial charge is 0.297 e. The summed E-state index contributed by atoms with van der Waals surface area (Å²) in [5.41, 5.74) is -3.13. The highest BCUT2D eigenvalue weighted by Crippen LogP contribution is 2.48. The highest BCUT2D eigenvalue weighted by Gasteiger charge is 2.30. The monoisotopic (exact) mass is 1220 g/mol. The van der Waals surface area contributed by atoms with E-state index in [2.05, 4.69) is 40.8 Å². The van der Waals surface area contributed by atoms with E-state index in [1.54, 1.807) is 6.07 Å². The molecule has 414 valence electrons. The second kappa shape index (κ2) is 21.2. The summed E-state index contributed by atoms with van der Waals surface area (Å²) in [7, 11) is -30.6. The first-order chi connectivity index (χ1) is 36.7. The number of azo groups is 3. The largest absolute Gasteiger partial charge is 0.505 e. The lowest BCUT2D eigenvalue weighted by Gasteiger charge is -2.13. The van der Waals surface area contributed by atoms with Gasteiger partial charge in [-0.3, -0.25) is 27.3 Å². The van der Waals surface area contributed by atoms with Crippen LogP contribution in [0.2, 0.25) is 0 Å². The van der Waals surface area contributed by atoms with Gasteiger partial charge in [0.1, 0.15) is 43.2 Å². The van der Waals surface area contributed by atoms with Gasteiger partial charge in [0.15, 0.2) is 11.4 Å². The summed E-state index contributed by atoms with van der Waals surface area (Å²) in [5, 5.41) is 49.7. The molecule has 0 saturated heterocycles. The molecule has 0 aliphatic rings. The molecular formula is C42H33N9O21S7. The molecule has 0 amide bonds. The Bertz CT molecular complexity index is 4650. The van der Waals surface area contributed by atoms with Crippen LogP contribution in [0.5, 0.6) is 17.4 Å². The number of phenolic OH excluding ortho intramolecular Hbond substituents is 1. The van der Waals surface area contributed by atoms with Gasteiger partial charge in [-0.25, -0.2) is 4.98 Å². The summed E-state index contributed by atoms with van der Waals surface area (Å²) >= 11 is 0.901. The van der Waals surface area contributed by atoms with Crippen molar-refractivity contribution in [3.63, 3.8) is 0 Å². The number of ether oxygens (including phenoxy) is 1. The number of phenols is 1. The number of aromatic hydroxyl groups is 2. The van der Waals surface area contributed by atoms with Gasteiger partial charge in [-0.1, -0.05) is 41.7 Å². The van der Waals surface area contributed by atoms with Gasteiger partial charge in [0.2, 0.25) is 11.0 Å². The van der Waals surface area contributed by atoms with Gasteiger partial charge in [-0.15, -0.1) is 30.7 Å². The zero-order valence-electron chi connectivity index (χ0n) is 39.1. The van der Waals surface area contributed by atoms with E-state index in [0.717, 1.165) is 35.6 Å². The standard InChI is InChI=1S/C42H33N9O21S7/c1-21-16-30(32(72-14-5-15-74(54,55)56)20-29(21)45-49-42-43-27-11-8-23(75(57,58)59)17-33(27)73-42)46-47-37-35(78(66,67)68)19-26-25(39(37)52)10-12-28(40(26)79(69,70)71)44-48-38-36(22-6-3-2-4-7-22)50-51(41(38)53)31-13-9-24(76(60,61)62)18-34(31)77(63,64)65/h2-4,6-13,16-20,52-53H,5,14-15H2,1H3,(H,54,55,56)(H,57,58,59)(H,60,61,62)(H,63,64,65)(H,66,67,68)(H,69,70,71). The Morgan fingerprint density at radius 1 is 0.582 bits per heavy atom. The fourth-order valence-electron chi connectivity index (χ4n) is 7.30. The number of thiazole rings is 1. The number of benzene rings is 6. The highest BCUT2D eigenvalue weighted by molar-refractivity contribution is 7.87. The molecule has 0 spiro atoms. The van der Waals surface area contributed by atoms with Crippen molar-refractivity contribution in [2.24, 2.45) is 30.7 Å². The van der Waals surface area contributed by atoms with Gasteiger partial charge >= 0.3 is 0 Å². The number of rotatable bonds is 18. The molecule has 2 aromatic heterocycles. The number of aryl methyl sites for hydroxylation is 1. The molecule has 79 heavy (non-hydrogen) atoms. The van der Waals surface area contributed by atoms with E-state index in [-0.39, 0.29) is 45.5 Å². The second-order valence-corrected chi connectivity index (χ2v) is 25.8. The van der Waals surface area contributed by atoms with Crippen molar-refractivity contribution < 1.29 is 92.8 Å². The highest BCUT2D eigenvalue weighted by atomic mass is 32.2. The summed E-state index contributed by atoms with van der Waals surface area (Å²) in [6.45, 7) is 1.07. The van der Waals surface area contributed by atoms with Gasteiger partial charge < -0.3 is 14.9 Å². The van der Waals surface area contributed by atoms with Crippen molar-refractivity contribution in [1.29, 1.82) is 0 Å². The second-order valence-electron chi connectivity index (χ2n) is 16.2. The lowest BCUT2D eigenvalue weighted by molar-refractivity contribution is 0.317. The summed E-state index contributed by atoms with van der Waals surface area (Å²) in [5.74, 6) is -3.27. The Morgan fingerprint density at radius 3 is 1.84 bits per heavy atom. The third kappa shape index (κ3) is 12.8. The van der Waals surface area contributed by atoms with Crippen LogP contribution < -0.4 is 4.74 Å². The lowest BCUT2D eigenvalue weighted by Crippen LogP contribution is -2.09. The summed E-state index contributed by atoms with van der Waals surface area (Å²) in [4.78, 5) is -0.928. The number of hydrogen-bond acceptors (Lipinski definition) is 24. The molecule has 8 N–H and O–H groups in total. The predicted molar refractivity (Wildman–Crippen MR) is 275 cm³/mol. The quantitative estimate of drug-likeness (QED) is 0.0228. The Labute approximate surface area is 449 Å². The SMILES string of the molecule is Cc1cc(N=Nc2c(S(=O)(=O)O)cc3c(S(=O)(=O)O)c(N=Nc4c(-c5ccccc5)nn(-c5ccc(S(=O)(=O)O)cc5S(=O)(=O)O)c4O)ccc3c2O)c(OCCCS(=O)(=O)O)cc1N=Nc1nc2ccc(S(=O)(=O)O)cc2s1. The predicted octanol–water partition coefficient (Wildman–Crippen LogP) is 8.16. The van der Waals surface area contributed by atoms with E-state index in [1.807, 2.05) is 0 Å². The third-order valence-electron chi connectivity index (χ3n) is 10.8. The molecule has 0 atom stereocenters. The molecule has 0 radical (unpaired) electrons. The summed E-state index contributed by atoms with van der Waals surface area (Å²) in [6.07, 6.45) is -0.291. The Hall–Kier alpha value is -7.66. The van der Waals surface area contributed by atoms with Gasteiger partial charge in [-0.05, 0) is 79.6 Å². The van der Waals surface area contributed by atoms with E-state index < -0.39 is 143 Å². The summed E-state index contributed by atoms with van der Waals surface area (Å²) in [6, 6.07) is 17.5. The maximum absolute atomic E-state index is 13.2. The maximum Gasteiger partial charge on any atom is 0.297 e. The van der Waals surface area contributed by atoms with Crippen LogP contribution in [-0.4, -0.2) is 115 Å². The van der Waals surface area contributed by atoms with Crippen LogP contribution in [0.25, 0.3) is 37.9 Å². The van der Waals surface area contributed by atoms with Crippen LogP contribution in [-0.2, 0) is 60.7 Å². The Kier molecular flexibility index (Phi) is 15.4. The minimum atomic E-state index is -5.60. The Balaban J connectivity index is 1.23. The first-order valence-corrected chi connectivity index (χ1v) is 30.9. The van der Waals surface area contributed by atoms with Gasteiger partial charge in [0, 0.05) is 22.4 Å². The van der Waals surface area contributed by atoms with Gasteiger partial charge in [0.05, 0.1) is 43.7 Å². The molecule has 8 aromatic rings. The first kappa shape index (κ1) is 57.5. The van der Waals surface area contributed by atoms with E-state index >= 15 is 0 Å². The van der Waals surface area contributed by atoms with Crippen molar-refractivity contribution >= 4 is 127 Å². The van der Waals surface area contributed by atoms with Crippen LogP contribution >= 0.6 is 11.3 Å². The van der Waals surface area contributed by atoms with Crippen molar-refractivity contribution in [3.8, 4) is 34.3 Å². The molecule has 0 aliphatic carbocycles. The van der Waals surface area contributed by atoms with Crippen LogP contribution in [0, 0.1) is 6.92 Å². The fraction of sp³-hybridized carbons (Fsp3) is 0.0952. The zero-order chi connectivity index (χ0) is 57.8. The van der Waals surface area contributed by atoms with Crippen LogP contribution in [0.15, 0.2) is 152 Å². The van der Waals surface area contributed by atoms with E-state index in [1.165, 1.54) is 55.5 Å². The minimum absolute atomic E-state index is 0.0209. The molecule has 0 unspecified atom stereocenters. The molecule has 0 fully saturated rings. The van der Waals surface area contributed by atoms with Crippen molar-refractivity contribution in [3.05, 3.63) is 103 Å². The summed E-state index contributed by atoms with van der Waals surface area (Å²) < 4.78 is 213. The molecule has 8 rings (SSSR count). The number of aromatic nitrogens is 3. The normalized spacial score (nSPS) is 13.2. The zero-order valence-corrected chi connectivity index (χ0v) is 44.8. The number of fused-ring (bicyclic) bond motifs is 2. The van der Waals surface area contributed by atoms with E-state index in [9.17, 15) is 88.0 Å². The van der Waals surface area contributed by atoms with E-state index in [4.69, 9.17) is 4.74 Å². The molecule has 37 heteroatoms. The Morgan fingerprint density at radius 2 is 1.20 bits per heavy atom. The third-order valence-corrected chi connectivity index (χ3v) is 16.9. The maximum atomic E-state index is 13.2. The number of nitrogens with zero attached hydrogens (tertiary/aromatic N) is 9. The van der Waals surface area contributed by atoms with Gasteiger partial charge in [0.25, 0.3) is 60.7 Å². The van der Waals surface area contributed by atoms with Crippen LogP contribution in [0.1, 0.15) is 12.0 Å². The molecule has 0 bridgehead atoms. The molecular weight excluding hydrogens is 1190 g/mol. The first-order valence-electron chi connectivity index (χ1n) is 21.3. The lowest BCUT2D eigenvalue weighted by atomic mass is 10.1. The molecule has 0 aliphatic heterocycles. The van der Waals surface area contributed by atoms with Crippen molar-refractivity contribution in [2.45, 2.75) is 37.8 Å². The molecule has 30 nitrogen and oxygen atoms in total. The van der Waals surface area contributed by atoms with Crippen molar-refractivity contribution in [2.75, 3.05) is 12.4 Å². The van der Waals surface area contributed by atoms with Crippen LogP contribution in [0.3, 0.4) is 0 Å². The topological polar surface area (TPSA) is 481 Å². The van der Waals surface area contributed by atoms with Gasteiger partial charge in [-0.2, -0.15) is 60.3 Å². The molecule has 0 saturated carbocycles. The average molecular weight is 1220 g/mol. The van der Waals surface area contributed by atoms with Crippen molar-refractivity contribution in [1.82, 2.24) is 14.8 Å². The van der Waals surface area contributed by atoms with E-state index in [0.29, 0.717) is 33.1 Å². The minimum Gasteiger partial charge on any atom is -0.505 e. The molecule has 2 heterocycles. The fourth-order valence-corrected chi connectivity index (χ4v) is 11.9. The van der Waals surface area contributed by atoms with Crippen LogP contribution in [0.4, 0.5) is 33.6 Å². The average Bonchev–Trinajstić information content (AvgIpc) is 4.14. The number of hydrogen-bond donors (Lipinski definition) is 8. The molecule has 6 aromatic carbocycles.